The van der Waals surface area contributed by atoms with Gasteiger partial charge in [0.25, 0.3) is 0 Å². The zero-order valence-corrected chi connectivity index (χ0v) is 19.4. The monoisotopic (exact) mass is 466 g/mol. The maximum absolute atomic E-state index is 13.7. The molecule has 6 nitrogen and oxygen atoms in total. The molecule has 0 aliphatic rings. The van der Waals surface area contributed by atoms with Gasteiger partial charge in [-0.2, -0.15) is 0 Å². The van der Waals surface area contributed by atoms with Crippen molar-refractivity contribution in [1.82, 2.24) is 0 Å². The molecule has 4 rings (SSSR count). The van der Waals surface area contributed by atoms with E-state index in [0.717, 1.165) is 11.1 Å². The average molecular weight is 467 g/mol. The van der Waals surface area contributed by atoms with Gasteiger partial charge in [0.05, 0.1) is 40.1 Å². The molecule has 0 bridgehead atoms. The van der Waals surface area contributed by atoms with E-state index in [-0.39, 0.29) is 5.43 Å². The van der Waals surface area contributed by atoms with E-state index in [0.29, 0.717) is 44.6 Å². The first kappa shape index (κ1) is 22.6. The molecule has 0 unspecified atom stereocenters. The summed E-state index contributed by atoms with van der Waals surface area (Å²) in [6, 6.07) is 15.9. The minimum absolute atomic E-state index is 0.195. The predicted molar refractivity (Wildman–Crippen MR) is 128 cm³/mol. The molecule has 1 aromatic heterocycles. The Labute approximate surface area is 196 Å². The third-order valence-corrected chi connectivity index (χ3v) is 5.81. The second kappa shape index (κ2) is 9.46. The third kappa shape index (κ3) is 4.22. The van der Waals surface area contributed by atoms with Crippen molar-refractivity contribution in [2.24, 2.45) is 0 Å². The van der Waals surface area contributed by atoms with Crippen LogP contribution in [0, 0.1) is 0 Å². The molecule has 7 heteroatoms. The molecule has 0 aliphatic carbocycles. The molecule has 0 amide bonds. The van der Waals surface area contributed by atoms with Crippen LogP contribution < -0.4 is 24.4 Å². The van der Waals surface area contributed by atoms with E-state index in [1.165, 1.54) is 6.26 Å². The Morgan fingerprint density at radius 3 is 1.82 bits per heavy atom. The van der Waals surface area contributed by atoms with E-state index < -0.39 is 5.92 Å². The lowest BCUT2D eigenvalue weighted by Gasteiger charge is -2.23. The van der Waals surface area contributed by atoms with Gasteiger partial charge in [0.15, 0.2) is 5.43 Å². The summed E-state index contributed by atoms with van der Waals surface area (Å²) in [6.45, 7) is 0. The van der Waals surface area contributed by atoms with Gasteiger partial charge >= 0.3 is 0 Å². The fraction of sp³-hybridized carbons (Fsp3) is 0.192. The van der Waals surface area contributed by atoms with Crippen molar-refractivity contribution in [3.8, 4) is 23.0 Å². The SMILES string of the molecule is COc1ccc(C(c2ccc(OC)cc2OC)c2coc3ccc(Cl)cc3c2=O)c(OC)c1. The van der Waals surface area contributed by atoms with Crippen LogP contribution in [0.25, 0.3) is 11.0 Å². The third-order valence-electron chi connectivity index (χ3n) is 5.58. The normalized spacial score (nSPS) is 11.0. The number of ether oxygens (including phenoxy) is 4. The molecule has 0 N–H and O–H groups in total. The molecular formula is C26H23ClO6. The predicted octanol–water partition coefficient (Wildman–Crippen LogP) is 5.66. The lowest BCUT2D eigenvalue weighted by molar-refractivity contribution is 0.386. The number of fused-ring (bicyclic) bond motifs is 1. The molecule has 0 radical (unpaired) electrons. The fourth-order valence-corrected chi connectivity index (χ4v) is 4.11. The summed E-state index contributed by atoms with van der Waals surface area (Å²) in [4.78, 5) is 13.7. The van der Waals surface area contributed by atoms with Crippen LogP contribution in [-0.4, -0.2) is 28.4 Å². The first-order valence-electron chi connectivity index (χ1n) is 10.2. The Bertz CT molecular complexity index is 1310. The van der Waals surface area contributed by atoms with Crippen molar-refractivity contribution in [3.63, 3.8) is 0 Å². The molecule has 3 aromatic carbocycles. The van der Waals surface area contributed by atoms with E-state index in [9.17, 15) is 4.79 Å². The van der Waals surface area contributed by atoms with Gasteiger partial charge in [0.1, 0.15) is 28.6 Å². The average Bonchev–Trinajstić information content (AvgIpc) is 2.85. The van der Waals surface area contributed by atoms with Gasteiger partial charge in [-0.25, -0.2) is 0 Å². The zero-order chi connectivity index (χ0) is 23.5. The number of halogens is 1. The maximum Gasteiger partial charge on any atom is 0.196 e. The number of benzene rings is 3. The molecule has 170 valence electrons. The highest BCUT2D eigenvalue weighted by Crippen LogP contribution is 2.42. The fourth-order valence-electron chi connectivity index (χ4n) is 3.93. The van der Waals surface area contributed by atoms with Crippen LogP contribution in [0.15, 0.2) is 70.1 Å². The molecule has 0 atom stereocenters. The summed E-state index contributed by atoms with van der Waals surface area (Å²) in [7, 11) is 6.31. The highest BCUT2D eigenvalue weighted by atomic mass is 35.5. The van der Waals surface area contributed by atoms with Gasteiger partial charge in [-0.1, -0.05) is 23.7 Å². The largest absolute Gasteiger partial charge is 0.497 e. The molecular weight excluding hydrogens is 444 g/mol. The van der Waals surface area contributed by atoms with Crippen molar-refractivity contribution in [1.29, 1.82) is 0 Å². The summed E-state index contributed by atoms with van der Waals surface area (Å²) in [5.41, 5.74) is 2.16. The van der Waals surface area contributed by atoms with Gasteiger partial charge in [-0.05, 0) is 30.3 Å². The van der Waals surface area contributed by atoms with Crippen LogP contribution in [0.3, 0.4) is 0 Å². The molecule has 0 saturated heterocycles. The van der Waals surface area contributed by atoms with Gasteiger partial charge in [0, 0.05) is 39.8 Å². The van der Waals surface area contributed by atoms with Gasteiger partial charge in [0.2, 0.25) is 0 Å². The first-order valence-corrected chi connectivity index (χ1v) is 10.5. The van der Waals surface area contributed by atoms with E-state index in [1.54, 1.807) is 58.8 Å². The van der Waals surface area contributed by atoms with E-state index in [4.69, 9.17) is 35.0 Å². The summed E-state index contributed by atoms with van der Waals surface area (Å²) < 4.78 is 27.9. The number of methoxy groups -OCH3 is 4. The summed E-state index contributed by atoms with van der Waals surface area (Å²) in [5, 5.41) is 0.845. The van der Waals surface area contributed by atoms with Crippen molar-refractivity contribution in [2.75, 3.05) is 28.4 Å². The molecule has 4 aromatic rings. The summed E-state index contributed by atoms with van der Waals surface area (Å²) in [5.74, 6) is 1.82. The highest BCUT2D eigenvalue weighted by Gasteiger charge is 2.28. The van der Waals surface area contributed by atoms with E-state index in [2.05, 4.69) is 0 Å². The number of rotatable bonds is 7. The van der Waals surface area contributed by atoms with Crippen molar-refractivity contribution >= 4 is 22.6 Å². The Morgan fingerprint density at radius 1 is 0.727 bits per heavy atom. The number of hydrogen-bond acceptors (Lipinski definition) is 6. The van der Waals surface area contributed by atoms with Crippen LogP contribution >= 0.6 is 11.6 Å². The lowest BCUT2D eigenvalue weighted by Crippen LogP contribution is -2.17. The van der Waals surface area contributed by atoms with Gasteiger partial charge in [-0.15, -0.1) is 0 Å². The minimum Gasteiger partial charge on any atom is -0.497 e. The Hall–Kier alpha value is -3.64. The summed E-state index contributed by atoms with van der Waals surface area (Å²) >= 11 is 6.17. The Kier molecular flexibility index (Phi) is 6.47. The lowest BCUT2D eigenvalue weighted by atomic mass is 9.84. The molecule has 0 aliphatic heterocycles. The standard InChI is InChI=1S/C26H23ClO6/c1-29-16-6-8-18(23(12-16)31-3)25(19-9-7-17(30-2)13-24(19)32-4)21-14-33-22-10-5-15(27)11-20(22)26(21)28/h5-14,25H,1-4H3. The quantitative estimate of drug-likeness (QED) is 0.350. The first-order chi connectivity index (χ1) is 16.0. The minimum atomic E-state index is -0.564. The smallest absolute Gasteiger partial charge is 0.196 e. The van der Waals surface area contributed by atoms with Crippen molar-refractivity contribution in [2.45, 2.75) is 5.92 Å². The Balaban J connectivity index is 2.05. The zero-order valence-electron chi connectivity index (χ0n) is 18.7. The van der Waals surface area contributed by atoms with E-state index in [1.807, 2.05) is 24.3 Å². The second-order valence-electron chi connectivity index (χ2n) is 7.31. The highest BCUT2D eigenvalue weighted by molar-refractivity contribution is 6.31. The van der Waals surface area contributed by atoms with Crippen LogP contribution in [0.2, 0.25) is 5.02 Å². The van der Waals surface area contributed by atoms with Crippen LogP contribution in [0.4, 0.5) is 0 Å². The topological polar surface area (TPSA) is 67.1 Å². The Morgan fingerprint density at radius 2 is 1.30 bits per heavy atom. The van der Waals surface area contributed by atoms with Crippen molar-refractivity contribution in [3.05, 3.63) is 92.8 Å². The van der Waals surface area contributed by atoms with Gasteiger partial charge < -0.3 is 23.4 Å². The molecule has 1 heterocycles. The molecule has 0 fully saturated rings. The van der Waals surface area contributed by atoms with Crippen molar-refractivity contribution < 1.29 is 23.4 Å². The molecule has 33 heavy (non-hydrogen) atoms. The molecule has 0 spiro atoms. The summed E-state index contributed by atoms with van der Waals surface area (Å²) in [6.07, 6.45) is 1.48. The second-order valence-corrected chi connectivity index (χ2v) is 7.75. The maximum atomic E-state index is 13.7. The van der Waals surface area contributed by atoms with Crippen LogP contribution in [-0.2, 0) is 0 Å². The van der Waals surface area contributed by atoms with E-state index >= 15 is 0 Å². The molecule has 0 saturated carbocycles. The number of hydrogen-bond donors (Lipinski definition) is 0. The van der Waals surface area contributed by atoms with Crippen LogP contribution in [0.5, 0.6) is 23.0 Å². The van der Waals surface area contributed by atoms with Crippen LogP contribution in [0.1, 0.15) is 22.6 Å². The van der Waals surface area contributed by atoms with Gasteiger partial charge in [-0.3, -0.25) is 4.79 Å².